The number of benzene rings is 1. The van der Waals surface area contributed by atoms with Gasteiger partial charge in [0.05, 0.1) is 5.56 Å². The average molecular weight is 315 g/mol. The molecule has 0 aliphatic carbocycles. The van der Waals surface area contributed by atoms with Crippen molar-refractivity contribution in [3.8, 4) is 10.6 Å². The molecule has 1 heterocycles. The lowest BCUT2D eigenvalue weighted by Crippen LogP contribution is -2.18. The van der Waals surface area contributed by atoms with Crippen LogP contribution in [0, 0.1) is 5.92 Å². The summed E-state index contributed by atoms with van der Waals surface area (Å²) in [5.74, 6) is 0.529. The van der Waals surface area contributed by atoms with E-state index in [0.29, 0.717) is 23.0 Å². The normalized spacial score (nSPS) is 12.1. The summed E-state index contributed by atoms with van der Waals surface area (Å²) in [5, 5.41) is 12.5. The van der Waals surface area contributed by atoms with Crippen LogP contribution in [0.1, 0.15) is 24.4 Å². The van der Waals surface area contributed by atoms with Crippen LogP contribution >= 0.6 is 11.3 Å². The third-order valence-corrected chi connectivity index (χ3v) is 3.70. The number of rotatable bonds is 5. The second-order valence-corrected chi connectivity index (χ2v) is 6.17. The van der Waals surface area contributed by atoms with Gasteiger partial charge in [0.2, 0.25) is 0 Å². The van der Waals surface area contributed by atoms with Gasteiger partial charge in [-0.15, -0.1) is 10.2 Å². The van der Waals surface area contributed by atoms with E-state index in [-0.39, 0.29) is 0 Å². The summed E-state index contributed by atoms with van der Waals surface area (Å²) in [4.78, 5) is 0. The zero-order valence-corrected chi connectivity index (χ0v) is 12.6. The minimum absolute atomic E-state index is 0.442. The molecule has 1 aromatic heterocycles. The van der Waals surface area contributed by atoms with E-state index in [2.05, 4.69) is 29.4 Å². The van der Waals surface area contributed by atoms with E-state index in [9.17, 15) is 13.2 Å². The topological polar surface area (TPSA) is 37.8 Å². The molecule has 1 aromatic carbocycles. The lowest BCUT2D eigenvalue weighted by Gasteiger charge is -2.06. The fraction of sp³-hybridized carbons (Fsp3) is 0.429. The Morgan fingerprint density at radius 2 is 2.00 bits per heavy atom. The predicted molar refractivity (Wildman–Crippen MR) is 76.9 cm³/mol. The molecular formula is C14H16F3N3S. The number of aromatic nitrogens is 2. The molecule has 0 aliphatic rings. The van der Waals surface area contributed by atoms with Crippen LogP contribution in [0.5, 0.6) is 0 Å². The lowest BCUT2D eigenvalue weighted by molar-refractivity contribution is -0.137. The molecule has 0 unspecified atom stereocenters. The van der Waals surface area contributed by atoms with Gasteiger partial charge in [-0.05, 0) is 24.6 Å². The van der Waals surface area contributed by atoms with Gasteiger partial charge in [0.25, 0.3) is 0 Å². The molecule has 0 radical (unpaired) electrons. The summed E-state index contributed by atoms with van der Waals surface area (Å²) in [6, 6.07) is 5.15. The van der Waals surface area contributed by atoms with Crippen molar-refractivity contribution in [3.63, 3.8) is 0 Å². The minimum Gasteiger partial charge on any atom is -0.310 e. The average Bonchev–Trinajstić information content (AvgIpc) is 2.86. The molecule has 0 saturated heterocycles. The summed E-state index contributed by atoms with van der Waals surface area (Å²) in [7, 11) is 0. The number of alkyl halides is 3. The zero-order chi connectivity index (χ0) is 15.5. The monoisotopic (exact) mass is 315 g/mol. The van der Waals surface area contributed by atoms with Crippen molar-refractivity contribution < 1.29 is 13.2 Å². The van der Waals surface area contributed by atoms with E-state index in [0.717, 1.165) is 23.7 Å². The van der Waals surface area contributed by atoms with Crippen molar-refractivity contribution >= 4 is 11.3 Å². The highest BCUT2D eigenvalue weighted by molar-refractivity contribution is 7.14. The number of halogens is 3. The molecule has 2 aromatic rings. The van der Waals surface area contributed by atoms with Gasteiger partial charge < -0.3 is 5.32 Å². The Labute approximate surface area is 125 Å². The van der Waals surface area contributed by atoms with Crippen LogP contribution in [0.3, 0.4) is 0 Å². The van der Waals surface area contributed by atoms with Crippen molar-refractivity contribution in [1.82, 2.24) is 15.5 Å². The van der Waals surface area contributed by atoms with Crippen LogP contribution in [-0.4, -0.2) is 16.7 Å². The Kier molecular flexibility index (Phi) is 4.95. The van der Waals surface area contributed by atoms with Gasteiger partial charge in [-0.3, -0.25) is 0 Å². The molecule has 3 nitrogen and oxygen atoms in total. The molecule has 0 aliphatic heterocycles. The van der Waals surface area contributed by atoms with E-state index in [4.69, 9.17) is 0 Å². The molecular weight excluding hydrogens is 299 g/mol. The maximum atomic E-state index is 12.7. The van der Waals surface area contributed by atoms with Crippen molar-refractivity contribution in [2.24, 2.45) is 5.92 Å². The lowest BCUT2D eigenvalue weighted by atomic mass is 10.1. The molecule has 21 heavy (non-hydrogen) atoms. The van der Waals surface area contributed by atoms with E-state index >= 15 is 0 Å². The van der Waals surface area contributed by atoms with Crippen molar-refractivity contribution in [2.45, 2.75) is 26.6 Å². The maximum absolute atomic E-state index is 12.7. The van der Waals surface area contributed by atoms with Crippen LogP contribution in [0.25, 0.3) is 10.6 Å². The maximum Gasteiger partial charge on any atom is 0.416 e. The van der Waals surface area contributed by atoms with Crippen molar-refractivity contribution in [1.29, 1.82) is 0 Å². The Bertz CT molecular complexity index is 593. The van der Waals surface area contributed by atoms with Crippen LogP contribution in [0.4, 0.5) is 13.2 Å². The highest BCUT2D eigenvalue weighted by Gasteiger charge is 2.30. The van der Waals surface area contributed by atoms with E-state index < -0.39 is 11.7 Å². The van der Waals surface area contributed by atoms with Crippen molar-refractivity contribution in [2.75, 3.05) is 6.54 Å². The number of hydrogen-bond acceptors (Lipinski definition) is 4. The highest BCUT2D eigenvalue weighted by Crippen LogP contribution is 2.32. The fourth-order valence-corrected chi connectivity index (χ4v) is 2.54. The van der Waals surface area contributed by atoms with Gasteiger partial charge >= 0.3 is 6.18 Å². The smallest absolute Gasteiger partial charge is 0.310 e. The van der Waals surface area contributed by atoms with Crippen LogP contribution < -0.4 is 5.32 Å². The van der Waals surface area contributed by atoms with Gasteiger partial charge in [0, 0.05) is 12.1 Å². The molecule has 0 spiro atoms. The molecule has 0 bridgehead atoms. The van der Waals surface area contributed by atoms with Gasteiger partial charge in [-0.2, -0.15) is 13.2 Å². The molecule has 7 heteroatoms. The first-order chi connectivity index (χ1) is 9.86. The number of hydrogen-bond donors (Lipinski definition) is 1. The quantitative estimate of drug-likeness (QED) is 0.907. The van der Waals surface area contributed by atoms with Crippen LogP contribution in [-0.2, 0) is 12.7 Å². The summed E-state index contributed by atoms with van der Waals surface area (Å²) < 4.78 is 38.1. The fourth-order valence-electron chi connectivity index (χ4n) is 1.74. The molecule has 114 valence electrons. The molecule has 2 rings (SSSR count). The summed E-state index contributed by atoms with van der Waals surface area (Å²) >= 11 is 1.30. The zero-order valence-electron chi connectivity index (χ0n) is 11.7. The van der Waals surface area contributed by atoms with Gasteiger partial charge in [-0.1, -0.05) is 37.3 Å². The second-order valence-electron chi connectivity index (χ2n) is 5.10. The SMILES string of the molecule is CC(C)CNCc1nnc(-c2cccc(C(F)(F)F)c2)s1. The number of nitrogens with zero attached hydrogens (tertiary/aromatic N) is 2. The first-order valence-electron chi connectivity index (χ1n) is 6.57. The minimum atomic E-state index is -4.34. The molecule has 0 fully saturated rings. The van der Waals surface area contributed by atoms with Crippen molar-refractivity contribution in [3.05, 3.63) is 34.8 Å². The molecule has 1 N–H and O–H groups in total. The van der Waals surface area contributed by atoms with Gasteiger partial charge in [0.15, 0.2) is 0 Å². The molecule has 0 amide bonds. The van der Waals surface area contributed by atoms with E-state index in [1.54, 1.807) is 6.07 Å². The van der Waals surface area contributed by atoms with Crippen LogP contribution in [0.2, 0.25) is 0 Å². The Hall–Kier alpha value is -1.47. The summed E-state index contributed by atoms with van der Waals surface area (Å²) in [6.45, 7) is 5.63. The van der Waals surface area contributed by atoms with Crippen LogP contribution in [0.15, 0.2) is 24.3 Å². The second kappa shape index (κ2) is 6.53. The molecule has 0 saturated carbocycles. The van der Waals surface area contributed by atoms with Gasteiger partial charge in [-0.25, -0.2) is 0 Å². The first-order valence-corrected chi connectivity index (χ1v) is 7.38. The predicted octanol–water partition coefficient (Wildman–Crippen LogP) is 3.97. The largest absolute Gasteiger partial charge is 0.416 e. The third kappa shape index (κ3) is 4.50. The van der Waals surface area contributed by atoms with Gasteiger partial charge in [0.1, 0.15) is 10.0 Å². The van der Waals surface area contributed by atoms with E-state index in [1.807, 2.05) is 0 Å². The highest BCUT2D eigenvalue weighted by atomic mass is 32.1. The summed E-state index contributed by atoms with van der Waals surface area (Å²) in [5.41, 5.74) is -0.230. The summed E-state index contributed by atoms with van der Waals surface area (Å²) in [6.07, 6.45) is -4.34. The Balaban J connectivity index is 2.11. The van der Waals surface area contributed by atoms with E-state index in [1.165, 1.54) is 17.4 Å². The number of nitrogens with one attached hydrogen (secondary N) is 1. The standard InChI is InChI=1S/C14H16F3N3S/c1-9(2)7-18-8-12-19-20-13(21-12)10-4-3-5-11(6-10)14(15,16)17/h3-6,9,18H,7-8H2,1-2H3. The molecule has 0 atom stereocenters. The Morgan fingerprint density at radius 3 is 2.67 bits per heavy atom. The first kappa shape index (κ1) is 15.9. The Morgan fingerprint density at radius 1 is 1.24 bits per heavy atom. The third-order valence-electron chi connectivity index (χ3n) is 2.73.